The second-order valence-electron chi connectivity index (χ2n) is 4.00. The van der Waals surface area contributed by atoms with Crippen molar-refractivity contribution in [3.05, 3.63) is 62.5 Å². The number of ketones is 1. The first kappa shape index (κ1) is 16.0. The van der Waals surface area contributed by atoms with E-state index in [0.29, 0.717) is 4.47 Å². The highest BCUT2D eigenvalue weighted by molar-refractivity contribution is 9.11. The van der Waals surface area contributed by atoms with E-state index in [4.69, 9.17) is 0 Å². The third-order valence-corrected chi connectivity index (χ3v) is 3.68. The van der Waals surface area contributed by atoms with Crippen LogP contribution < -0.4 is 4.74 Å². The number of para-hydroxylation sites is 1. The topological polar surface area (TPSA) is 26.3 Å². The van der Waals surface area contributed by atoms with Crippen LogP contribution in [-0.4, -0.2) is 12.1 Å². The predicted molar refractivity (Wildman–Crippen MR) is 78.4 cm³/mol. The minimum atomic E-state index is -4.85. The SMILES string of the molecule is O=C(c1ccc(Br)cc1Br)c1ccccc1OC(F)(F)F. The van der Waals surface area contributed by atoms with Crippen LogP contribution in [0.4, 0.5) is 13.2 Å². The minimum absolute atomic E-state index is 0.155. The number of ether oxygens (including phenoxy) is 1. The Morgan fingerprint density at radius 3 is 2.29 bits per heavy atom. The van der Waals surface area contributed by atoms with Crippen molar-refractivity contribution in [3.63, 3.8) is 0 Å². The van der Waals surface area contributed by atoms with Crippen LogP contribution in [0.5, 0.6) is 5.75 Å². The van der Waals surface area contributed by atoms with Gasteiger partial charge in [0.05, 0.1) is 5.56 Å². The molecule has 0 spiro atoms. The molecule has 0 aliphatic carbocycles. The molecule has 0 saturated heterocycles. The summed E-state index contributed by atoms with van der Waals surface area (Å²) in [5.41, 5.74) is 0.0919. The number of carbonyl (C=O) groups is 1. The average Bonchev–Trinajstić information content (AvgIpc) is 2.36. The van der Waals surface area contributed by atoms with E-state index in [0.717, 1.165) is 10.5 Å². The summed E-state index contributed by atoms with van der Waals surface area (Å²) in [5, 5.41) is 0. The maximum atomic E-state index is 12.4. The average molecular weight is 424 g/mol. The van der Waals surface area contributed by atoms with Crippen LogP contribution >= 0.6 is 31.9 Å². The van der Waals surface area contributed by atoms with E-state index in [2.05, 4.69) is 36.6 Å². The van der Waals surface area contributed by atoms with E-state index in [1.165, 1.54) is 24.3 Å². The standard InChI is InChI=1S/C14H7Br2F3O2/c15-8-5-6-9(11(16)7-8)13(20)10-3-1-2-4-12(10)21-14(17,18)19/h1-7H. The Morgan fingerprint density at radius 2 is 1.67 bits per heavy atom. The molecule has 2 aromatic carbocycles. The summed E-state index contributed by atoms with van der Waals surface area (Å²) in [6.07, 6.45) is -4.85. The van der Waals surface area contributed by atoms with Gasteiger partial charge in [0, 0.05) is 14.5 Å². The Labute approximate surface area is 135 Å². The Kier molecular flexibility index (Phi) is 4.73. The Balaban J connectivity index is 2.44. The summed E-state index contributed by atoms with van der Waals surface area (Å²) >= 11 is 6.46. The summed E-state index contributed by atoms with van der Waals surface area (Å²) in [4.78, 5) is 12.4. The van der Waals surface area contributed by atoms with Gasteiger partial charge in [0.15, 0.2) is 5.78 Å². The molecule has 2 nitrogen and oxygen atoms in total. The number of hydrogen-bond donors (Lipinski definition) is 0. The maximum Gasteiger partial charge on any atom is 0.573 e. The molecule has 21 heavy (non-hydrogen) atoms. The predicted octanol–water partition coefficient (Wildman–Crippen LogP) is 5.34. The minimum Gasteiger partial charge on any atom is -0.405 e. The molecule has 0 N–H and O–H groups in total. The maximum absolute atomic E-state index is 12.4. The lowest BCUT2D eigenvalue weighted by atomic mass is 10.0. The van der Waals surface area contributed by atoms with Gasteiger partial charge in [-0.25, -0.2) is 0 Å². The molecule has 0 heterocycles. The summed E-state index contributed by atoms with van der Waals surface area (Å²) in [7, 11) is 0. The lowest BCUT2D eigenvalue weighted by Gasteiger charge is -2.13. The van der Waals surface area contributed by atoms with E-state index in [1.54, 1.807) is 12.1 Å². The van der Waals surface area contributed by atoms with Gasteiger partial charge in [-0.2, -0.15) is 0 Å². The molecule has 0 bridgehead atoms. The number of hydrogen-bond acceptors (Lipinski definition) is 2. The van der Waals surface area contributed by atoms with Crippen molar-refractivity contribution in [2.24, 2.45) is 0 Å². The molecule has 0 aliphatic rings. The van der Waals surface area contributed by atoms with E-state index in [-0.39, 0.29) is 11.1 Å². The molecule has 0 saturated carbocycles. The van der Waals surface area contributed by atoms with Crippen LogP contribution in [0.3, 0.4) is 0 Å². The fraction of sp³-hybridized carbons (Fsp3) is 0.0714. The van der Waals surface area contributed by atoms with E-state index >= 15 is 0 Å². The molecule has 110 valence electrons. The van der Waals surface area contributed by atoms with Gasteiger partial charge < -0.3 is 4.74 Å². The zero-order chi connectivity index (χ0) is 15.6. The number of benzene rings is 2. The second-order valence-corrected chi connectivity index (χ2v) is 5.77. The molecule has 0 aliphatic heterocycles. The first-order valence-electron chi connectivity index (χ1n) is 5.62. The van der Waals surface area contributed by atoms with E-state index in [9.17, 15) is 18.0 Å². The monoisotopic (exact) mass is 422 g/mol. The summed E-state index contributed by atoms with van der Waals surface area (Å²) in [6, 6.07) is 10.0. The molecule has 2 rings (SSSR count). The van der Waals surface area contributed by atoms with Gasteiger partial charge in [-0.05, 0) is 46.3 Å². The number of rotatable bonds is 3. The van der Waals surface area contributed by atoms with Crippen molar-refractivity contribution < 1.29 is 22.7 Å². The summed E-state index contributed by atoms with van der Waals surface area (Å²) in [6.45, 7) is 0. The highest BCUT2D eigenvalue weighted by Gasteiger charge is 2.33. The zero-order valence-corrected chi connectivity index (χ0v) is 13.4. The largest absolute Gasteiger partial charge is 0.573 e. The summed E-state index contributed by atoms with van der Waals surface area (Å²) < 4.78 is 42.2. The molecule has 2 aromatic rings. The van der Waals surface area contributed by atoms with Crippen molar-refractivity contribution in [1.82, 2.24) is 0 Å². The van der Waals surface area contributed by atoms with Crippen molar-refractivity contribution in [2.45, 2.75) is 6.36 Å². The van der Waals surface area contributed by atoms with Gasteiger partial charge in [-0.15, -0.1) is 13.2 Å². The lowest BCUT2D eigenvalue weighted by molar-refractivity contribution is -0.274. The number of alkyl halides is 3. The number of carbonyl (C=O) groups excluding carboxylic acids is 1. The van der Waals surface area contributed by atoms with Crippen LogP contribution in [0, 0.1) is 0 Å². The molecule has 0 unspecified atom stereocenters. The van der Waals surface area contributed by atoms with Gasteiger partial charge in [0.1, 0.15) is 5.75 Å². The first-order chi connectivity index (χ1) is 9.78. The van der Waals surface area contributed by atoms with Crippen LogP contribution in [-0.2, 0) is 0 Å². The molecular weight excluding hydrogens is 417 g/mol. The van der Waals surface area contributed by atoms with Crippen LogP contribution in [0.2, 0.25) is 0 Å². The highest BCUT2D eigenvalue weighted by Crippen LogP contribution is 2.30. The molecule has 0 radical (unpaired) electrons. The van der Waals surface area contributed by atoms with Gasteiger partial charge in [-0.1, -0.05) is 28.1 Å². The van der Waals surface area contributed by atoms with Crippen LogP contribution in [0.25, 0.3) is 0 Å². The Bertz CT molecular complexity index is 684. The molecular formula is C14H7Br2F3O2. The Hall–Kier alpha value is -1.34. The molecule has 0 amide bonds. The van der Waals surface area contributed by atoms with E-state index < -0.39 is 17.9 Å². The van der Waals surface area contributed by atoms with Gasteiger partial charge in [0.25, 0.3) is 0 Å². The van der Waals surface area contributed by atoms with Crippen molar-refractivity contribution in [2.75, 3.05) is 0 Å². The fourth-order valence-electron chi connectivity index (χ4n) is 1.69. The zero-order valence-electron chi connectivity index (χ0n) is 10.2. The van der Waals surface area contributed by atoms with Gasteiger partial charge in [0.2, 0.25) is 0 Å². The van der Waals surface area contributed by atoms with Crippen LogP contribution in [0.15, 0.2) is 51.4 Å². The molecule has 7 heteroatoms. The van der Waals surface area contributed by atoms with Crippen molar-refractivity contribution in [3.8, 4) is 5.75 Å². The lowest BCUT2D eigenvalue weighted by Crippen LogP contribution is -2.19. The van der Waals surface area contributed by atoms with Gasteiger partial charge in [-0.3, -0.25) is 4.79 Å². The summed E-state index contributed by atoms with van der Waals surface area (Å²) in [5.74, 6) is -1.08. The molecule has 0 atom stereocenters. The van der Waals surface area contributed by atoms with E-state index in [1.807, 2.05) is 0 Å². The van der Waals surface area contributed by atoms with Crippen molar-refractivity contribution >= 4 is 37.6 Å². The first-order valence-corrected chi connectivity index (χ1v) is 7.21. The quantitative estimate of drug-likeness (QED) is 0.622. The van der Waals surface area contributed by atoms with Crippen LogP contribution in [0.1, 0.15) is 15.9 Å². The third-order valence-electron chi connectivity index (χ3n) is 2.53. The normalized spacial score (nSPS) is 11.3. The Morgan fingerprint density at radius 1 is 1.00 bits per heavy atom. The number of halogens is 5. The third kappa shape index (κ3) is 4.07. The fourth-order valence-corrected chi connectivity index (χ4v) is 2.91. The highest BCUT2D eigenvalue weighted by atomic mass is 79.9. The smallest absolute Gasteiger partial charge is 0.405 e. The molecule has 0 aromatic heterocycles. The van der Waals surface area contributed by atoms with Crippen molar-refractivity contribution in [1.29, 1.82) is 0 Å². The molecule has 0 fully saturated rings. The van der Waals surface area contributed by atoms with Gasteiger partial charge >= 0.3 is 6.36 Å². The second kappa shape index (κ2) is 6.19.